The normalized spacial score (nSPS) is 13.8. The van der Waals surface area contributed by atoms with Crippen LogP contribution >= 0.6 is 0 Å². The zero-order valence-corrected chi connectivity index (χ0v) is 67.5. The summed E-state index contributed by atoms with van der Waals surface area (Å²) in [6, 6.07) is 128. The lowest BCUT2D eigenvalue weighted by Gasteiger charge is -2.28. The molecule has 0 fully saturated rings. The molecule has 2 nitrogen and oxygen atoms in total. The standard InChI is InChI=1S/C58H45N.C58H53N/c1-2-4-9-17-44(18-10-5-3-1)48-25-29-52(30-26-48)57-42-41-56(43-58(57)53-31-27-49(28-32-53)45-19-11-6-12-20-45)59(54-37-33-50(34-38-54)46-21-13-7-14-22-46)55-39-35-51(36-40-55)47-23-15-8-16-24-47;1-4-16-43(6-3)46-32-36-53(37-33-46)59(54-38-34-48(35-39-54)45-20-12-8-13-21-45)55-40-41-57(58(42-55)52-26-24-47(25-27-52)44-18-10-7-11-19-44)51-30-28-50(29-31-51)56(17-5-2)49-22-14-9-15-23-49/h1-7,9-15,17-43H,8,16H2;4-8,10,12-14,16-18,20-24,26,28-42H,2,9,11,15,19,25,27H2,1,3H3/b;16-4-,43-6+,56-17+. The minimum atomic E-state index is 0.992. The highest BCUT2D eigenvalue weighted by Gasteiger charge is 2.23. The summed E-state index contributed by atoms with van der Waals surface area (Å²) in [6.45, 7) is 8.21. The lowest BCUT2D eigenvalue weighted by atomic mass is 9.84. The summed E-state index contributed by atoms with van der Waals surface area (Å²) in [5.41, 5.74) is 37.6. The van der Waals surface area contributed by atoms with Crippen LogP contribution in [0.1, 0.15) is 87.5 Å². The Morgan fingerprint density at radius 2 is 0.669 bits per heavy atom. The van der Waals surface area contributed by atoms with Crippen molar-refractivity contribution in [2.75, 3.05) is 9.80 Å². The van der Waals surface area contributed by atoms with Gasteiger partial charge in [0.2, 0.25) is 0 Å². The van der Waals surface area contributed by atoms with Crippen LogP contribution in [0.25, 0.3) is 100 Å². The van der Waals surface area contributed by atoms with E-state index in [9.17, 15) is 0 Å². The molecule has 0 aliphatic heterocycles. The molecule has 0 radical (unpaired) electrons. The fraction of sp³-hybridized carbons (Fsp3) is 0.0862. The Morgan fingerprint density at radius 3 is 1.10 bits per heavy atom. The highest BCUT2D eigenvalue weighted by molar-refractivity contribution is 5.93. The SMILES string of the molecule is C1=CC(c2ccc(N(c3ccc(-c4ccccc4)cc3)c3ccc(-c4ccc(-c5ccccccccc5)cc4)c(-c4ccc(-c5ccccc5)cc4)c3)cc2)=CCC1.C=C/C=C(\C1=CCCC=C1)c1ccc(-c2ccc(N(c3ccc(C(/C=C\C)=C/C)cc3)c3ccc(-c4ccccc4)cc3)cc2C2=CC=C(C3=CC=CCC3)CC2)cc1. The van der Waals surface area contributed by atoms with Crippen LogP contribution < -0.4 is 9.80 Å². The van der Waals surface area contributed by atoms with Crippen LogP contribution in [0.15, 0.2) is 472 Å². The van der Waals surface area contributed by atoms with Gasteiger partial charge >= 0.3 is 0 Å². The van der Waals surface area contributed by atoms with Gasteiger partial charge < -0.3 is 9.80 Å². The van der Waals surface area contributed by atoms with E-state index >= 15 is 0 Å². The summed E-state index contributed by atoms with van der Waals surface area (Å²) in [4.78, 5) is 4.79. The van der Waals surface area contributed by atoms with Gasteiger partial charge in [-0.2, -0.15) is 0 Å². The van der Waals surface area contributed by atoms with E-state index in [-0.39, 0.29) is 0 Å². The fourth-order valence-corrected chi connectivity index (χ4v) is 16.4. The van der Waals surface area contributed by atoms with Crippen LogP contribution in [-0.2, 0) is 0 Å². The molecule has 0 bridgehead atoms. The Morgan fingerprint density at radius 1 is 0.297 bits per heavy atom. The summed E-state index contributed by atoms with van der Waals surface area (Å²) in [5, 5.41) is 0. The molecule has 17 rings (SSSR count). The maximum atomic E-state index is 4.04. The minimum Gasteiger partial charge on any atom is -0.310 e. The van der Waals surface area contributed by atoms with Gasteiger partial charge in [-0.25, -0.2) is 0 Å². The molecule has 572 valence electrons. The van der Waals surface area contributed by atoms with Crippen LogP contribution in [0.2, 0.25) is 0 Å². The largest absolute Gasteiger partial charge is 0.310 e. The van der Waals surface area contributed by atoms with Crippen LogP contribution in [0.4, 0.5) is 34.1 Å². The molecule has 0 saturated carbocycles. The van der Waals surface area contributed by atoms with Crippen molar-refractivity contribution in [2.45, 2.75) is 65.2 Å². The zero-order chi connectivity index (χ0) is 80.0. The minimum absolute atomic E-state index is 0.992. The Labute approximate surface area is 699 Å². The second kappa shape index (κ2) is 38.3. The predicted molar refractivity (Wildman–Crippen MR) is 509 cm³/mol. The third-order valence-electron chi connectivity index (χ3n) is 22.6. The topological polar surface area (TPSA) is 6.48 Å². The number of hydrogen-bond acceptors (Lipinski definition) is 2. The summed E-state index contributed by atoms with van der Waals surface area (Å²) in [6.07, 6.45) is 44.4. The third-order valence-corrected chi connectivity index (χ3v) is 22.6. The van der Waals surface area contributed by atoms with Gasteiger partial charge in [0.25, 0.3) is 0 Å². The van der Waals surface area contributed by atoms with E-state index in [0.29, 0.717) is 0 Å². The summed E-state index contributed by atoms with van der Waals surface area (Å²) >= 11 is 0. The first-order valence-electron chi connectivity index (χ1n) is 41.7. The molecular weight excluding hydrogens is 1420 g/mol. The van der Waals surface area contributed by atoms with E-state index < -0.39 is 0 Å². The van der Waals surface area contributed by atoms with E-state index in [1.54, 1.807) is 0 Å². The lowest BCUT2D eigenvalue weighted by molar-refractivity contribution is 0.905. The van der Waals surface area contributed by atoms with Crippen molar-refractivity contribution in [2.24, 2.45) is 0 Å². The molecule has 13 aromatic carbocycles. The number of nitrogens with zero attached hydrogens (tertiary/aromatic N) is 2. The van der Waals surface area contributed by atoms with Gasteiger partial charge in [0.1, 0.15) is 0 Å². The molecule has 118 heavy (non-hydrogen) atoms. The Hall–Kier alpha value is -14.2. The lowest BCUT2D eigenvalue weighted by Crippen LogP contribution is -2.11. The van der Waals surface area contributed by atoms with E-state index in [1.807, 2.05) is 24.3 Å². The molecule has 0 aromatic heterocycles. The Kier molecular flexibility index (Phi) is 25.2. The first-order valence-corrected chi connectivity index (χ1v) is 41.7. The van der Waals surface area contributed by atoms with Crippen LogP contribution in [0, 0.1) is 0 Å². The number of allylic oxidation sites excluding steroid dienone is 23. The molecular formula is C116H98N2. The van der Waals surface area contributed by atoms with Crippen molar-refractivity contribution in [3.8, 4) is 77.9 Å². The quantitative estimate of drug-likeness (QED) is 0.0662. The second-order valence-corrected chi connectivity index (χ2v) is 30.2. The van der Waals surface area contributed by atoms with Gasteiger partial charge in [-0.1, -0.05) is 383 Å². The number of anilines is 6. The van der Waals surface area contributed by atoms with Crippen LogP contribution in [0.5, 0.6) is 0 Å². The maximum Gasteiger partial charge on any atom is 0.0468 e. The molecule has 0 N–H and O–H groups in total. The molecule has 0 spiro atoms. The summed E-state index contributed by atoms with van der Waals surface area (Å²) in [5.74, 6) is 0. The number of hydrogen-bond donors (Lipinski definition) is 0. The van der Waals surface area contributed by atoms with Crippen molar-refractivity contribution >= 4 is 56.4 Å². The van der Waals surface area contributed by atoms with Gasteiger partial charge in [-0.05, 0) is 277 Å². The van der Waals surface area contributed by atoms with E-state index in [2.05, 4.69) is 455 Å². The molecule has 4 aliphatic rings. The molecule has 0 amide bonds. The Bertz CT molecular complexity index is 6070. The summed E-state index contributed by atoms with van der Waals surface area (Å²) < 4.78 is 0. The van der Waals surface area contributed by atoms with E-state index in [4.69, 9.17) is 0 Å². The molecule has 13 aromatic rings. The molecule has 4 aliphatic carbocycles. The molecule has 0 heterocycles. The van der Waals surface area contributed by atoms with Gasteiger partial charge in [-0.15, -0.1) is 0 Å². The Balaban J connectivity index is 0.000000176. The summed E-state index contributed by atoms with van der Waals surface area (Å²) in [7, 11) is 0. The van der Waals surface area contributed by atoms with Crippen LogP contribution in [-0.4, -0.2) is 0 Å². The number of benzene rings is 12. The first kappa shape index (κ1) is 77.7. The highest BCUT2D eigenvalue weighted by Crippen LogP contribution is 2.46. The monoisotopic (exact) mass is 1520 g/mol. The molecule has 0 unspecified atom stereocenters. The second-order valence-electron chi connectivity index (χ2n) is 30.2. The predicted octanol–water partition coefficient (Wildman–Crippen LogP) is 33.0. The van der Waals surface area contributed by atoms with E-state index in [0.717, 1.165) is 91.1 Å². The average molecular weight is 1520 g/mol. The fourth-order valence-electron chi connectivity index (χ4n) is 16.4. The van der Waals surface area contributed by atoms with Gasteiger partial charge in [-0.3, -0.25) is 0 Å². The molecule has 2 heteroatoms. The van der Waals surface area contributed by atoms with Crippen molar-refractivity contribution in [1.82, 2.24) is 0 Å². The maximum absolute atomic E-state index is 4.04. The smallest absolute Gasteiger partial charge is 0.0468 e. The van der Waals surface area contributed by atoms with Crippen molar-refractivity contribution in [3.05, 3.63) is 495 Å². The van der Waals surface area contributed by atoms with E-state index in [1.165, 1.54) is 134 Å². The zero-order valence-electron chi connectivity index (χ0n) is 67.5. The molecule has 0 atom stereocenters. The third kappa shape index (κ3) is 18.6. The van der Waals surface area contributed by atoms with Crippen molar-refractivity contribution in [3.63, 3.8) is 0 Å². The van der Waals surface area contributed by atoms with Gasteiger partial charge in [0.15, 0.2) is 0 Å². The van der Waals surface area contributed by atoms with Crippen LogP contribution in [0.3, 0.4) is 0 Å². The number of rotatable bonds is 21. The van der Waals surface area contributed by atoms with Gasteiger partial charge in [0, 0.05) is 34.1 Å². The molecule has 0 saturated heterocycles. The van der Waals surface area contributed by atoms with Gasteiger partial charge in [0.05, 0.1) is 0 Å². The van der Waals surface area contributed by atoms with Crippen molar-refractivity contribution in [1.29, 1.82) is 0 Å². The average Bonchev–Trinajstić information content (AvgIpc) is 0.775. The highest BCUT2D eigenvalue weighted by atomic mass is 15.1. The first-order chi connectivity index (χ1) is 58.4. The van der Waals surface area contributed by atoms with Crippen molar-refractivity contribution < 1.29 is 0 Å².